The lowest BCUT2D eigenvalue weighted by molar-refractivity contribution is 0.0801. The Kier molecular flexibility index (Phi) is 5.61. The third kappa shape index (κ3) is 3.75. The molecule has 0 radical (unpaired) electrons. The van der Waals surface area contributed by atoms with E-state index in [-0.39, 0.29) is 12.1 Å². The van der Waals surface area contributed by atoms with Crippen molar-refractivity contribution in [1.82, 2.24) is 4.90 Å². The Hall–Kier alpha value is -1.11. The van der Waals surface area contributed by atoms with Crippen LogP contribution in [-0.4, -0.2) is 38.3 Å². The van der Waals surface area contributed by atoms with E-state index < -0.39 is 23.5 Å². The summed E-state index contributed by atoms with van der Waals surface area (Å²) < 4.78 is 45.5. The minimum absolute atomic E-state index is 0.126. The third-order valence-electron chi connectivity index (χ3n) is 4.11. The number of nitrogens with zero attached hydrogens (tertiary/aromatic N) is 1. The van der Waals surface area contributed by atoms with E-state index >= 15 is 0 Å². The Morgan fingerprint density at radius 1 is 1.19 bits per heavy atom. The molecule has 1 unspecified atom stereocenters. The molecule has 0 aliphatic carbocycles. The normalized spacial score (nSPS) is 18.9. The highest BCUT2D eigenvalue weighted by atomic mass is 19.2. The van der Waals surface area contributed by atoms with Gasteiger partial charge in [-0.2, -0.15) is 0 Å². The molecule has 1 aromatic rings. The van der Waals surface area contributed by atoms with Gasteiger partial charge in [-0.3, -0.25) is 4.90 Å². The third-order valence-corrected chi connectivity index (χ3v) is 4.11. The van der Waals surface area contributed by atoms with Crippen LogP contribution in [0.3, 0.4) is 0 Å². The van der Waals surface area contributed by atoms with Crippen LogP contribution >= 0.6 is 0 Å². The molecule has 1 aliphatic rings. The minimum atomic E-state index is -1.18. The molecule has 0 bridgehead atoms. The monoisotopic (exact) mass is 302 g/mol. The van der Waals surface area contributed by atoms with Crippen LogP contribution in [0.15, 0.2) is 12.1 Å². The first-order valence-electron chi connectivity index (χ1n) is 7.14. The maximum atomic E-state index is 13.9. The number of ether oxygens (including phenoxy) is 1. The van der Waals surface area contributed by atoms with Gasteiger partial charge in [0.25, 0.3) is 0 Å². The lowest BCUT2D eigenvalue weighted by Gasteiger charge is -2.37. The van der Waals surface area contributed by atoms with Crippen molar-refractivity contribution in [3.63, 3.8) is 0 Å². The van der Waals surface area contributed by atoms with E-state index in [1.807, 2.05) is 4.90 Å². The number of halogens is 3. The smallest absolute Gasteiger partial charge is 0.161 e. The standard InChI is InChI=1S/C15H21F3N2O/c1-21-9-10-2-4-20(5-3-10)15(8-19)11-6-13(17)14(18)7-12(11)16/h6-7,10,15H,2-5,8-9,19H2,1H3. The van der Waals surface area contributed by atoms with Crippen molar-refractivity contribution in [1.29, 1.82) is 0 Å². The quantitative estimate of drug-likeness (QED) is 0.849. The van der Waals surface area contributed by atoms with Gasteiger partial charge in [0.1, 0.15) is 5.82 Å². The van der Waals surface area contributed by atoms with E-state index in [1.54, 1.807) is 7.11 Å². The number of hydrogen-bond acceptors (Lipinski definition) is 3. The van der Waals surface area contributed by atoms with Gasteiger partial charge in [0.2, 0.25) is 0 Å². The Labute approximate surface area is 122 Å². The molecule has 0 spiro atoms. The molecule has 6 heteroatoms. The maximum absolute atomic E-state index is 13.9. The first-order valence-corrected chi connectivity index (χ1v) is 7.14. The van der Waals surface area contributed by atoms with Gasteiger partial charge in [-0.25, -0.2) is 13.2 Å². The van der Waals surface area contributed by atoms with Crippen molar-refractivity contribution in [3.05, 3.63) is 35.1 Å². The molecule has 1 aliphatic heterocycles. The summed E-state index contributed by atoms with van der Waals surface area (Å²) in [6.07, 6.45) is 1.85. The fourth-order valence-corrected chi connectivity index (χ4v) is 2.93. The average Bonchev–Trinajstić information content (AvgIpc) is 2.47. The zero-order valence-electron chi connectivity index (χ0n) is 12.1. The van der Waals surface area contributed by atoms with E-state index in [1.165, 1.54) is 0 Å². The van der Waals surface area contributed by atoms with Gasteiger partial charge < -0.3 is 10.5 Å². The molecule has 1 atom stereocenters. The number of methoxy groups -OCH3 is 1. The molecule has 1 saturated heterocycles. The van der Waals surface area contributed by atoms with Gasteiger partial charge in [0.05, 0.1) is 6.04 Å². The van der Waals surface area contributed by atoms with Crippen molar-refractivity contribution >= 4 is 0 Å². The summed E-state index contributed by atoms with van der Waals surface area (Å²) in [5.74, 6) is -2.48. The van der Waals surface area contributed by atoms with E-state index in [0.29, 0.717) is 18.6 Å². The Balaban J connectivity index is 2.12. The van der Waals surface area contributed by atoms with Gasteiger partial charge in [-0.15, -0.1) is 0 Å². The Morgan fingerprint density at radius 3 is 2.38 bits per heavy atom. The van der Waals surface area contributed by atoms with Crippen molar-refractivity contribution in [2.45, 2.75) is 18.9 Å². The predicted octanol–water partition coefficient (Wildman–Crippen LogP) is 2.46. The number of likely N-dealkylation sites (tertiary alicyclic amines) is 1. The van der Waals surface area contributed by atoms with Gasteiger partial charge >= 0.3 is 0 Å². The van der Waals surface area contributed by atoms with Crippen molar-refractivity contribution < 1.29 is 17.9 Å². The van der Waals surface area contributed by atoms with Crippen LogP contribution in [0.1, 0.15) is 24.4 Å². The Bertz CT molecular complexity index is 476. The summed E-state index contributed by atoms with van der Waals surface area (Å²) in [5, 5.41) is 0. The molecule has 2 rings (SSSR count). The van der Waals surface area contributed by atoms with Crippen LogP contribution < -0.4 is 5.73 Å². The molecule has 0 aromatic heterocycles. The van der Waals surface area contributed by atoms with Crippen LogP contribution in [0.2, 0.25) is 0 Å². The predicted molar refractivity (Wildman–Crippen MR) is 74.3 cm³/mol. The molecule has 1 aromatic carbocycles. The van der Waals surface area contributed by atoms with Crippen molar-refractivity contribution in [2.75, 3.05) is 33.4 Å². The van der Waals surface area contributed by atoms with Gasteiger partial charge in [0.15, 0.2) is 11.6 Å². The molecule has 0 amide bonds. The highest BCUT2D eigenvalue weighted by molar-refractivity contribution is 5.24. The molecule has 0 saturated carbocycles. The average molecular weight is 302 g/mol. The molecular weight excluding hydrogens is 281 g/mol. The summed E-state index contributed by atoms with van der Waals surface area (Å²) in [6.45, 7) is 2.36. The van der Waals surface area contributed by atoms with Gasteiger partial charge in [-0.1, -0.05) is 0 Å². The van der Waals surface area contributed by atoms with Crippen LogP contribution in [0, 0.1) is 23.4 Å². The fourth-order valence-electron chi connectivity index (χ4n) is 2.93. The molecular formula is C15H21F3N2O. The number of benzene rings is 1. The molecule has 2 N–H and O–H groups in total. The summed E-state index contributed by atoms with van der Waals surface area (Å²) in [5.41, 5.74) is 5.86. The highest BCUT2D eigenvalue weighted by Gasteiger charge is 2.27. The molecule has 21 heavy (non-hydrogen) atoms. The number of piperidine rings is 1. The topological polar surface area (TPSA) is 38.5 Å². The fraction of sp³-hybridized carbons (Fsp3) is 0.600. The van der Waals surface area contributed by atoms with Crippen LogP contribution in [-0.2, 0) is 4.74 Å². The van der Waals surface area contributed by atoms with Crippen molar-refractivity contribution in [3.8, 4) is 0 Å². The Morgan fingerprint density at radius 2 is 1.81 bits per heavy atom. The van der Waals surface area contributed by atoms with E-state index in [0.717, 1.165) is 32.0 Å². The first kappa shape index (κ1) is 16.3. The molecule has 1 heterocycles. The lowest BCUT2D eigenvalue weighted by Crippen LogP contribution is -2.41. The zero-order valence-corrected chi connectivity index (χ0v) is 12.1. The van der Waals surface area contributed by atoms with E-state index in [4.69, 9.17) is 10.5 Å². The second-order valence-electron chi connectivity index (χ2n) is 5.47. The largest absolute Gasteiger partial charge is 0.384 e. The number of hydrogen-bond donors (Lipinski definition) is 1. The second kappa shape index (κ2) is 7.24. The highest BCUT2D eigenvalue weighted by Crippen LogP contribution is 2.29. The minimum Gasteiger partial charge on any atom is -0.384 e. The van der Waals surface area contributed by atoms with Crippen LogP contribution in [0.25, 0.3) is 0 Å². The summed E-state index contributed by atoms with van der Waals surface area (Å²) in [6, 6.07) is 1.08. The lowest BCUT2D eigenvalue weighted by atomic mass is 9.94. The molecule has 1 fully saturated rings. The van der Waals surface area contributed by atoms with E-state index in [9.17, 15) is 13.2 Å². The van der Waals surface area contributed by atoms with Gasteiger partial charge in [-0.05, 0) is 37.9 Å². The summed E-state index contributed by atoms with van der Waals surface area (Å²) >= 11 is 0. The SMILES string of the molecule is COCC1CCN(C(CN)c2cc(F)c(F)cc2F)CC1. The number of nitrogens with two attached hydrogens (primary N) is 1. The van der Waals surface area contributed by atoms with Crippen LogP contribution in [0.4, 0.5) is 13.2 Å². The van der Waals surface area contributed by atoms with E-state index in [2.05, 4.69) is 0 Å². The molecule has 3 nitrogen and oxygen atoms in total. The van der Waals surface area contributed by atoms with Crippen molar-refractivity contribution in [2.24, 2.45) is 11.7 Å². The van der Waals surface area contributed by atoms with Gasteiger partial charge in [0, 0.05) is 31.9 Å². The molecule has 118 valence electrons. The summed E-state index contributed by atoms with van der Waals surface area (Å²) in [4.78, 5) is 2.03. The second-order valence-corrected chi connectivity index (χ2v) is 5.47. The maximum Gasteiger partial charge on any atom is 0.161 e. The summed E-state index contributed by atoms with van der Waals surface area (Å²) in [7, 11) is 1.67. The zero-order chi connectivity index (χ0) is 15.4. The number of rotatable bonds is 5. The first-order chi connectivity index (χ1) is 10.1. The van der Waals surface area contributed by atoms with Crippen LogP contribution in [0.5, 0.6) is 0 Å².